The zero-order valence-electron chi connectivity index (χ0n) is 9.79. The van der Waals surface area contributed by atoms with Crippen molar-refractivity contribution in [2.45, 2.75) is 12.4 Å². The first-order valence-electron chi connectivity index (χ1n) is 5.39. The Morgan fingerprint density at radius 3 is 2.83 bits per heavy atom. The lowest BCUT2D eigenvalue weighted by atomic mass is 10.1. The summed E-state index contributed by atoms with van der Waals surface area (Å²) in [4.78, 5) is 3.23. The standard InChI is InChI=1S/C13H12BrClFNS/c1-17(7-10-5-9(14)8-18-10)13-4-2-3-12(16)11(13)6-15/h2-5,8H,6-7H2,1H3. The van der Waals surface area contributed by atoms with Crippen LogP contribution in [0.4, 0.5) is 10.1 Å². The lowest BCUT2D eigenvalue weighted by molar-refractivity contribution is 0.616. The van der Waals surface area contributed by atoms with Gasteiger partial charge in [-0.1, -0.05) is 6.07 Å². The second kappa shape index (κ2) is 6.04. The van der Waals surface area contributed by atoms with E-state index in [4.69, 9.17) is 11.6 Å². The van der Waals surface area contributed by atoms with E-state index in [9.17, 15) is 4.39 Å². The number of rotatable bonds is 4. The first kappa shape index (κ1) is 13.8. The van der Waals surface area contributed by atoms with Crippen molar-refractivity contribution < 1.29 is 4.39 Å². The molecule has 1 aromatic carbocycles. The molecule has 1 heterocycles. The van der Waals surface area contributed by atoms with E-state index in [2.05, 4.69) is 22.0 Å². The molecule has 2 rings (SSSR count). The molecule has 0 aliphatic rings. The third-order valence-corrected chi connectivity index (χ3v) is 4.60. The molecule has 0 saturated heterocycles. The van der Waals surface area contributed by atoms with Crippen molar-refractivity contribution in [1.82, 2.24) is 0 Å². The number of nitrogens with zero attached hydrogens (tertiary/aromatic N) is 1. The van der Waals surface area contributed by atoms with E-state index in [1.165, 1.54) is 10.9 Å². The van der Waals surface area contributed by atoms with Gasteiger partial charge in [-0.15, -0.1) is 22.9 Å². The van der Waals surface area contributed by atoms with Crippen molar-refractivity contribution >= 4 is 44.6 Å². The molecule has 0 aliphatic carbocycles. The Morgan fingerprint density at radius 2 is 2.22 bits per heavy atom. The minimum Gasteiger partial charge on any atom is -0.369 e. The highest BCUT2D eigenvalue weighted by Crippen LogP contribution is 2.27. The molecule has 0 unspecified atom stereocenters. The minimum absolute atomic E-state index is 0.181. The van der Waals surface area contributed by atoms with Gasteiger partial charge in [-0.25, -0.2) is 4.39 Å². The summed E-state index contributed by atoms with van der Waals surface area (Å²) in [7, 11) is 1.94. The number of benzene rings is 1. The second-order valence-corrected chi connectivity index (χ2v) is 6.14. The Labute approximate surface area is 123 Å². The van der Waals surface area contributed by atoms with Gasteiger partial charge >= 0.3 is 0 Å². The summed E-state index contributed by atoms with van der Waals surface area (Å²) in [5, 5.41) is 2.04. The average Bonchev–Trinajstić information content (AvgIpc) is 2.74. The summed E-state index contributed by atoms with van der Waals surface area (Å²) < 4.78 is 14.7. The lowest BCUT2D eigenvalue weighted by Crippen LogP contribution is -2.17. The number of alkyl halides is 1. The third kappa shape index (κ3) is 3.05. The fraction of sp³-hybridized carbons (Fsp3) is 0.231. The van der Waals surface area contributed by atoms with Crippen molar-refractivity contribution in [2.24, 2.45) is 0 Å². The van der Waals surface area contributed by atoms with Crippen LogP contribution in [0, 0.1) is 5.82 Å². The molecular formula is C13H12BrClFNS. The molecule has 96 valence electrons. The van der Waals surface area contributed by atoms with E-state index in [-0.39, 0.29) is 11.7 Å². The molecule has 0 spiro atoms. The first-order valence-corrected chi connectivity index (χ1v) is 7.60. The molecule has 0 saturated carbocycles. The van der Waals surface area contributed by atoms with Crippen molar-refractivity contribution in [3.05, 3.63) is 50.4 Å². The quantitative estimate of drug-likeness (QED) is 0.701. The van der Waals surface area contributed by atoms with Crippen LogP contribution in [0.3, 0.4) is 0 Å². The monoisotopic (exact) mass is 347 g/mol. The maximum absolute atomic E-state index is 13.6. The number of hydrogen-bond acceptors (Lipinski definition) is 2. The maximum atomic E-state index is 13.6. The van der Waals surface area contributed by atoms with Crippen molar-refractivity contribution in [2.75, 3.05) is 11.9 Å². The van der Waals surface area contributed by atoms with Crippen LogP contribution in [-0.2, 0) is 12.4 Å². The average molecular weight is 349 g/mol. The zero-order chi connectivity index (χ0) is 13.1. The highest BCUT2D eigenvalue weighted by Gasteiger charge is 2.12. The Bertz CT molecular complexity index is 544. The maximum Gasteiger partial charge on any atom is 0.129 e. The first-order chi connectivity index (χ1) is 8.61. The predicted octanol–water partition coefficient (Wildman–Crippen LogP) is 5.02. The topological polar surface area (TPSA) is 3.24 Å². The fourth-order valence-corrected chi connectivity index (χ4v) is 3.56. The van der Waals surface area contributed by atoms with E-state index in [1.54, 1.807) is 17.4 Å². The molecule has 0 N–H and O–H groups in total. The largest absolute Gasteiger partial charge is 0.369 e. The Morgan fingerprint density at radius 1 is 1.44 bits per heavy atom. The van der Waals surface area contributed by atoms with E-state index < -0.39 is 0 Å². The fourth-order valence-electron chi connectivity index (χ4n) is 1.79. The zero-order valence-corrected chi connectivity index (χ0v) is 12.9. The summed E-state index contributed by atoms with van der Waals surface area (Å²) in [6, 6.07) is 7.11. The molecule has 0 aliphatic heterocycles. The van der Waals surface area contributed by atoms with Gasteiger partial charge in [0.1, 0.15) is 5.82 Å². The normalized spacial score (nSPS) is 10.7. The van der Waals surface area contributed by atoms with Crippen molar-refractivity contribution in [3.8, 4) is 0 Å². The predicted molar refractivity (Wildman–Crippen MR) is 80.1 cm³/mol. The number of thiophene rings is 1. The second-order valence-electron chi connectivity index (χ2n) is 3.96. The van der Waals surface area contributed by atoms with Gasteiger partial charge in [0.2, 0.25) is 0 Å². The Hall–Kier alpha value is -0.580. The van der Waals surface area contributed by atoms with E-state index in [0.29, 0.717) is 5.56 Å². The summed E-state index contributed by atoms with van der Waals surface area (Å²) >= 11 is 10.9. The molecule has 0 radical (unpaired) electrons. The minimum atomic E-state index is -0.248. The van der Waals surface area contributed by atoms with Gasteiger partial charge in [-0.2, -0.15) is 0 Å². The van der Waals surface area contributed by atoms with Gasteiger partial charge in [-0.3, -0.25) is 0 Å². The van der Waals surface area contributed by atoms with Gasteiger partial charge in [0.25, 0.3) is 0 Å². The molecule has 0 bridgehead atoms. The molecule has 0 atom stereocenters. The van der Waals surface area contributed by atoms with Crippen LogP contribution >= 0.6 is 38.9 Å². The molecule has 18 heavy (non-hydrogen) atoms. The SMILES string of the molecule is CN(Cc1cc(Br)cs1)c1cccc(F)c1CCl. The number of hydrogen-bond donors (Lipinski definition) is 0. The molecule has 0 amide bonds. The van der Waals surface area contributed by atoms with Crippen LogP contribution in [0.15, 0.2) is 34.1 Å². The van der Waals surface area contributed by atoms with E-state index in [1.807, 2.05) is 23.4 Å². The molecule has 1 nitrogen and oxygen atoms in total. The van der Waals surface area contributed by atoms with Crippen LogP contribution in [0.25, 0.3) is 0 Å². The van der Waals surface area contributed by atoms with Crippen LogP contribution in [0.2, 0.25) is 0 Å². The van der Waals surface area contributed by atoms with E-state index >= 15 is 0 Å². The molecule has 1 aromatic heterocycles. The smallest absolute Gasteiger partial charge is 0.129 e. The summed E-state index contributed by atoms with van der Waals surface area (Å²) in [5.74, 6) is -0.0674. The Balaban J connectivity index is 2.23. The number of halogens is 3. The highest BCUT2D eigenvalue weighted by molar-refractivity contribution is 9.10. The van der Waals surface area contributed by atoms with Gasteiger partial charge in [0.05, 0.1) is 12.4 Å². The molecule has 5 heteroatoms. The van der Waals surface area contributed by atoms with Gasteiger partial charge in [0.15, 0.2) is 0 Å². The van der Waals surface area contributed by atoms with Crippen molar-refractivity contribution in [3.63, 3.8) is 0 Å². The molecular weight excluding hydrogens is 337 g/mol. The Kier molecular flexibility index (Phi) is 4.65. The van der Waals surface area contributed by atoms with Crippen LogP contribution in [0.1, 0.15) is 10.4 Å². The third-order valence-electron chi connectivity index (χ3n) is 2.65. The molecule has 0 fully saturated rings. The summed E-state index contributed by atoms with van der Waals surface area (Å²) in [6.07, 6.45) is 0. The van der Waals surface area contributed by atoms with Gasteiger partial charge < -0.3 is 4.90 Å². The van der Waals surface area contributed by atoms with Crippen LogP contribution < -0.4 is 4.90 Å². The van der Waals surface area contributed by atoms with Crippen LogP contribution in [0.5, 0.6) is 0 Å². The lowest BCUT2D eigenvalue weighted by Gasteiger charge is -2.21. The van der Waals surface area contributed by atoms with Gasteiger partial charge in [0, 0.05) is 33.0 Å². The summed E-state index contributed by atoms with van der Waals surface area (Å²) in [6.45, 7) is 0.740. The van der Waals surface area contributed by atoms with Crippen LogP contribution in [-0.4, -0.2) is 7.05 Å². The number of anilines is 1. The summed E-state index contributed by atoms with van der Waals surface area (Å²) in [5.41, 5.74) is 1.40. The van der Waals surface area contributed by atoms with Crippen molar-refractivity contribution in [1.29, 1.82) is 0 Å². The van der Waals surface area contributed by atoms with E-state index in [0.717, 1.165) is 16.7 Å². The molecule has 2 aromatic rings. The highest BCUT2D eigenvalue weighted by atomic mass is 79.9. The van der Waals surface area contributed by atoms with Gasteiger partial charge in [-0.05, 0) is 34.1 Å².